The predicted octanol–water partition coefficient (Wildman–Crippen LogP) is 2.75. The average Bonchev–Trinajstić information content (AvgIpc) is 3.23. The normalized spacial score (nSPS) is 20.5. The van der Waals surface area contributed by atoms with Crippen molar-refractivity contribution in [2.75, 3.05) is 73.6 Å². The quantitative estimate of drug-likeness (QED) is 0.308. The van der Waals surface area contributed by atoms with E-state index in [1.807, 2.05) is 19.2 Å². The Morgan fingerprint density at radius 2 is 1.87 bits per heavy atom. The molecule has 7 nitrogen and oxygen atoms in total. The van der Waals surface area contributed by atoms with Gasteiger partial charge in [-0.3, -0.25) is 9.89 Å². The molecule has 3 rings (SSSR count). The molecule has 2 fully saturated rings. The third-order valence-corrected chi connectivity index (χ3v) is 6.22. The Labute approximate surface area is 205 Å². The minimum Gasteiger partial charge on any atom is -0.497 e. The van der Waals surface area contributed by atoms with E-state index >= 15 is 0 Å². The van der Waals surface area contributed by atoms with E-state index in [1.54, 1.807) is 14.2 Å². The minimum absolute atomic E-state index is 0. The van der Waals surface area contributed by atoms with Crippen molar-refractivity contribution in [3.8, 4) is 11.5 Å². The SMILES string of the molecule is CCCN1CCC(CNC(=NC)N2CCN(Cc3cc(OC)ccc3OC)CC2)C1.I. The van der Waals surface area contributed by atoms with Gasteiger partial charge in [0.25, 0.3) is 0 Å². The first-order valence-electron chi connectivity index (χ1n) is 11.3. The molecule has 1 aromatic rings. The number of hydrogen-bond acceptors (Lipinski definition) is 5. The molecule has 0 radical (unpaired) electrons. The van der Waals surface area contributed by atoms with Crippen molar-refractivity contribution < 1.29 is 9.47 Å². The molecule has 1 atom stereocenters. The lowest BCUT2D eigenvalue weighted by Gasteiger charge is -2.37. The standard InChI is InChI=1S/C23H39N5O2.HI/c1-5-9-26-10-8-19(17-26)16-25-23(24-2)28-13-11-27(12-14-28)18-20-15-21(29-3)6-7-22(20)30-4;/h6-7,15,19H,5,8-14,16-18H2,1-4H3,(H,24,25);1H. The number of ether oxygens (including phenoxy) is 2. The zero-order valence-corrected chi connectivity index (χ0v) is 21.9. The second kappa shape index (κ2) is 13.3. The third-order valence-electron chi connectivity index (χ3n) is 6.22. The monoisotopic (exact) mass is 545 g/mol. The van der Waals surface area contributed by atoms with E-state index < -0.39 is 0 Å². The summed E-state index contributed by atoms with van der Waals surface area (Å²) >= 11 is 0. The summed E-state index contributed by atoms with van der Waals surface area (Å²) in [7, 11) is 5.33. The van der Waals surface area contributed by atoms with Gasteiger partial charge in [0, 0.05) is 58.4 Å². The van der Waals surface area contributed by atoms with Crippen molar-refractivity contribution in [2.45, 2.75) is 26.3 Å². The second-order valence-corrected chi connectivity index (χ2v) is 8.32. The molecule has 1 aromatic carbocycles. The van der Waals surface area contributed by atoms with Gasteiger partial charge in [0.05, 0.1) is 14.2 Å². The Bertz CT molecular complexity index is 695. The van der Waals surface area contributed by atoms with E-state index in [-0.39, 0.29) is 24.0 Å². The molecule has 0 spiro atoms. The highest BCUT2D eigenvalue weighted by Gasteiger charge is 2.24. The first kappa shape index (κ1) is 26.0. The number of halogens is 1. The van der Waals surface area contributed by atoms with Crippen LogP contribution in [0.2, 0.25) is 0 Å². The first-order valence-corrected chi connectivity index (χ1v) is 11.3. The van der Waals surface area contributed by atoms with E-state index in [0.29, 0.717) is 0 Å². The first-order chi connectivity index (χ1) is 14.7. The fourth-order valence-electron chi connectivity index (χ4n) is 4.53. The van der Waals surface area contributed by atoms with Gasteiger partial charge in [0.2, 0.25) is 0 Å². The van der Waals surface area contributed by atoms with Crippen LogP contribution in [0.3, 0.4) is 0 Å². The summed E-state index contributed by atoms with van der Waals surface area (Å²) in [5, 5.41) is 3.64. The van der Waals surface area contributed by atoms with E-state index in [9.17, 15) is 0 Å². The molecule has 0 bridgehead atoms. The molecule has 1 N–H and O–H groups in total. The molecular weight excluding hydrogens is 505 g/mol. The Kier molecular flexibility index (Phi) is 11.2. The van der Waals surface area contributed by atoms with Crippen LogP contribution in [0.5, 0.6) is 11.5 Å². The van der Waals surface area contributed by atoms with Crippen molar-refractivity contribution in [1.29, 1.82) is 0 Å². The van der Waals surface area contributed by atoms with Crippen molar-refractivity contribution in [3.05, 3.63) is 23.8 Å². The van der Waals surface area contributed by atoms with Crippen LogP contribution in [0.1, 0.15) is 25.3 Å². The number of nitrogens with zero attached hydrogens (tertiary/aromatic N) is 4. The lowest BCUT2D eigenvalue weighted by Crippen LogP contribution is -2.52. The van der Waals surface area contributed by atoms with Crippen molar-refractivity contribution in [1.82, 2.24) is 20.0 Å². The fraction of sp³-hybridized carbons (Fsp3) is 0.696. The number of benzene rings is 1. The van der Waals surface area contributed by atoms with Crippen molar-refractivity contribution >= 4 is 29.9 Å². The van der Waals surface area contributed by atoms with Gasteiger partial charge in [-0.15, -0.1) is 24.0 Å². The number of rotatable bonds is 8. The van der Waals surface area contributed by atoms with Crippen LogP contribution in [0.4, 0.5) is 0 Å². The molecule has 0 saturated carbocycles. The van der Waals surface area contributed by atoms with Gasteiger partial charge in [-0.1, -0.05) is 6.92 Å². The molecule has 2 heterocycles. The second-order valence-electron chi connectivity index (χ2n) is 8.32. The van der Waals surface area contributed by atoms with Crippen LogP contribution in [0, 0.1) is 5.92 Å². The molecule has 1 unspecified atom stereocenters. The highest BCUT2D eigenvalue weighted by atomic mass is 127. The molecule has 31 heavy (non-hydrogen) atoms. The van der Waals surface area contributed by atoms with Gasteiger partial charge < -0.3 is 24.6 Å². The highest BCUT2D eigenvalue weighted by Crippen LogP contribution is 2.25. The maximum atomic E-state index is 5.54. The van der Waals surface area contributed by atoms with Crippen LogP contribution in [0.25, 0.3) is 0 Å². The largest absolute Gasteiger partial charge is 0.497 e. The van der Waals surface area contributed by atoms with E-state index in [1.165, 1.54) is 38.0 Å². The number of guanidine groups is 1. The van der Waals surface area contributed by atoms with Gasteiger partial charge in [0.15, 0.2) is 5.96 Å². The zero-order valence-electron chi connectivity index (χ0n) is 19.6. The molecule has 2 aliphatic heterocycles. The maximum Gasteiger partial charge on any atom is 0.193 e. The van der Waals surface area contributed by atoms with Gasteiger partial charge in [-0.05, 0) is 50.0 Å². The average molecular weight is 546 g/mol. The lowest BCUT2D eigenvalue weighted by molar-refractivity contribution is 0.170. The van der Waals surface area contributed by atoms with Gasteiger partial charge in [-0.25, -0.2) is 0 Å². The van der Waals surface area contributed by atoms with Crippen LogP contribution in [-0.2, 0) is 6.54 Å². The zero-order chi connectivity index (χ0) is 21.3. The molecule has 0 amide bonds. The molecule has 0 aromatic heterocycles. The summed E-state index contributed by atoms with van der Waals surface area (Å²) in [5.74, 6) is 3.57. The summed E-state index contributed by atoms with van der Waals surface area (Å²) in [6, 6.07) is 6.01. The van der Waals surface area contributed by atoms with Gasteiger partial charge in [-0.2, -0.15) is 0 Å². The van der Waals surface area contributed by atoms with E-state index in [4.69, 9.17) is 9.47 Å². The smallest absolute Gasteiger partial charge is 0.193 e. The van der Waals surface area contributed by atoms with E-state index in [2.05, 4.69) is 38.0 Å². The van der Waals surface area contributed by atoms with Crippen LogP contribution < -0.4 is 14.8 Å². The molecule has 0 aliphatic carbocycles. The summed E-state index contributed by atoms with van der Waals surface area (Å²) in [6.07, 6.45) is 2.54. The summed E-state index contributed by atoms with van der Waals surface area (Å²) in [4.78, 5) is 12.0. The molecule has 2 saturated heterocycles. The Balaban J connectivity index is 0.00000341. The Morgan fingerprint density at radius 3 is 2.52 bits per heavy atom. The van der Waals surface area contributed by atoms with E-state index in [0.717, 1.165) is 62.6 Å². The van der Waals surface area contributed by atoms with Crippen molar-refractivity contribution in [2.24, 2.45) is 10.9 Å². The van der Waals surface area contributed by atoms with Gasteiger partial charge in [0.1, 0.15) is 11.5 Å². The van der Waals surface area contributed by atoms with Crippen LogP contribution in [0.15, 0.2) is 23.2 Å². The summed E-state index contributed by atoms with van der Waals surface area (Å²) in [6.45, 7) is 11.8. The molecule has 8 heteroatoms. The number of hydrogen-bond donors (Lipinski definition) is 1. The number of likely N-dealkylation sites (tertiary alicyclic amines) is 1. The minimum atomic E-state index is 0. The lowest BCUT2D eigenvalue weighted by atomic mass is 10.1. The highest BCUT2D eigenvalue weighted by molar-refractivity contribution is 14.0. The maximum absolute atomic E-state index is 5.54. The number of nitrogens with one attached hydrogen (secondary N) is 1. The fourth-order valence-corrected chi connectivity index (χ4v) is 4.53. The summed E-state index contributed by atoms with van der Waals surface area (Å²) < 4.78 is 10.9. The third kappa shape index (κ3) is 7.39. The Morgan fingerprint density at radius 1 is 1.10 bits per heavy atom. The molecule has 176 valence electrons. The molecule has 2 aliphatic rings. The van der Waals surface area contributed by atoms with Crippen LogP contribution in [-0.4, -0.2) is 94.3 Å². The van der Waals surface area contributed by atoms with Crippen molar-refractivity contribution in [3.63, 3.8) is 0 Å². The number of methoxy groups -OCH3 is 2. The Hall–Kier alpha value is -1.26. The number of piperazine rings is 1. The topological polar surface area (TPSA) is 52.6 Å². The summed E-state index contributed by atoms with van der Waals surface area (Å²) in [5.41, 5.74) is 1.17. The van der Waals surface area contributed by atoms with Crippen LogP contribution >= 0.6 is 24.0 Å². The predicted molar refractivity (Wildman–Crippen MR) is 138 cm³/mol. The number of aliphatic imine (C=N–C) groups is 1. The van der Waals surface area contributed by atoms with Gasteiger partial charge >= 0.3 is 0 Å². The molecular formula is C23H40IN5O2.